The molecule has 1 atom stereocenters. The summed E-state index contributed by atoms with van der Waals surface area (Å²) in [6.07, 6.45) is 0. The molecule has 2 rings (SSSR count). The summed E-state index contributed by atoms with van der Waals surface area (Å²) < 4.78 is 2.10. The lowest BCUT2D eigenvalue weighted by molar-refractivity contribution is 0.574. The van der Waals surface area contributed by atoms with Gasteiger partial charge in [-0.15, -0.1) is 0 Å². The topological polar surface area (TPSA) is 12.0 Å². The van der Waals surface area contributed by atoms with Gasteiger partial charge in [0.1, 0.15) is 0 Å². The second-order valence-corrected chi connectivity index (χ2v) is 6.63. The third-order valence-corrected chi connectivity index (χ3v) is 4.36. The Kier molecular flexibility index (Phi) is 5.46. The molecule has 19 heavy (non-hydrogen) atoms. The van der Waals surface area contributed by atoms with E-state index in [9.17, 15) is 0 Å². The highest BCUT2D eigenvalue weighted by Crippen LogP contribution is 2.22. The SMILES string of the molecule is C[C@@H](NCc1ccc(Br)cc1Cl)c1ccc(Br)cc1. The zero-order valence-electron chi connectivity index (χ0n) is 10.5. The number of benzene rings is 2. The minimum Gasteiger partial charge on any atom is -0.306 e. The van der Waals surface area contributed by atoms with Crippen LogP contribution in [0.2, 0.25) is 5.02 Å². The number of nitrogens with one attached hydrogen (secondary N) is 1. The Morgan fingerprint density at radius 3 is 2.32 bits per heavy atom. The second kappa shape index (κ2) is 6.89. The first kappa shape index (κ1) is 15.0. The first-order valence-electron chi connectivity index (χ1n) is 5.99. The lowest BCUT2D eigenvalue weighted by Crippen LogP contribution is -2.18. The summed E-state index contributed by atoms with van der Waals surface area (Å²) in [6, 6.07) is 14.6. The maximum absolute atomic E-state index is 6.20. The molecule has 0 unspecified atom stereocenters. The summed E-state index contributed by atoms with van der Waals surface area (Å²) in [5.74, 6) is 0. The van der Waals surface area contributed by atoms with Crippen LogP contribution in [0.3, 0.4) is 0 Å². The summed E-state index contributed by atoms with van der Waals surface area (Å²) >= 11 is 13.1. The molecule has 0 amide bonds. The van der Waals surface area contributed by atoms with Crippen molar-refractivity contribution in [3.05, 3.63) is 67.6 Å². The van der Waals surface area contributed by atoms with Crippen LogP contribution >= 0.6 is 43.5 Å². The van der Waals surface area contributed by atoms with Crippen molar-refractivity contribution in [3.63, 3.8) is 0 Å². The lowest BCUT2D eigenvalue weighted by atomic mass is 10.1. The van der Waals surface area contributed by atoms with E-state index in [-0.39, 0.29) is 6.04 Å². The van der Waals surface area contributed by atoms with Gasteiger partial charge in [-0.2, -0.15) is 0 Å². The summed E-state index contributed by atoms with van der Waals surface area (Å²) in [7, 11) is 0. The van der Waals surface area contributed by atoms with Crippen LogP contribution in [0.1, 0.15) is 24.1 Å². The van der Waals surface area contributed by atoms with Crippen LogP contribution in [-0.2, 0) is 6.54 Å². The molecule has 100 valence electrons. The molecule has 0 heterocycles. The summed E-state index contributed by atoms with van der Waals surface area (Å²) in [5.41, 5.74) is 2.37. The fourth-order valence-electron chi connectivity index (χ4n) is 1.80. The quantitative estimate of drug-likeness (QED) is 0.689. The second-order valence-electron chi connectivity index (χ2n) is 4.39. The molecular formula is C15H14Br2ClN. The Labute approximate surface area is 135 Å². The fourth-order valence-corrected chi connectivity index (χ4v) is 2.80. The molecule has 2 aromatic rings. The van der Waals surface area contributed by atoms with Crippen molar-refractivity contribution in [1.29, 1.82) is 0 Å². The number of rotatable bonds is 4. The Morgan fingerprint density at radius 1 is 1.05 bits per heavy atom. The molecule has 1 N–H and O–H groups in total. The van der Waals surface area contributed by atoms with Gasteiger partial charge in [0.15, 0.2) is 0 Å². The van der Waals surface area contributed by atoms with Gasteiger partial charge in [-0.3, -0.25) is 0 Å². The van der Waals surface area contributed by atoms with Gasteiger partial charge in [0, 0.05) is 26.6 Å². The van der Waals surface area contributed by atoms with Crippen LogP contribution in [-0.4, -0.2) is 0 Å². The third-order valence-electron chi connectivity index (χ3n) is 2.98. The van der Waals surface area contributed by atoms with Crippen LogP contribution in [0.5, 0.6) is 0 Å². The molecule has 0 aromatic heterocycles. The van der Waals surface area contributed by atoms with Crippen molar-refractivity contribution in [2.75, 3.05) is 0 Å². The molecule has 0 aliphatic heterocycles. The van der Waals surface area contributed by atoms with E-state index in [0.29, 0.717) is 0 Å². The molecule has 4 heteroatoms. The van der Waals surface area contributed by atoms with Crippen molar-refractivity contribution in [3.8, 4) is 0 Å². The van der Waals surface area contributed by atoms with E-state index in [1.807, 2.05) is 18.2 Å². The van der Waals surface area contributed by atoms with Crippen LogP contribution in [0.25, 0.3) is 0 Å². The van der Waals surface area contributed by atoms with Crippen LogP contribution in [0.4, 0.5) is 0 Å². The largest absolute Gasteiger partial charge is 0.306 e. The van der Waals surface area contributed by atoms with E-state index in [2.05, 4.69) is 68.4 Å². The number of hydrogen-bond donors (Lipinski definition) is 1. The molecule has 0 bridgehead atoms. The summed E-state index contributed by atoms with van der Waals surface area (Å²) in [5, 5.41) is 4.26. The normalized spacial score (nSPS) is 12.4. The number of hydrogen-bond acceptors (Lipinski definition) is 1. The average molecular weight is 404 g/mol. The minimum absolute atomic E-state index is 0.285. The Hall–Kier alpha value is -0.350. The zero-order chi connectivity index (χ0) is 13.8. The highest BCUT2D eigenvalue weighted by atomic mass is 79.9. The smallest absolute Gasteiger partial charge is 0.0462 e. The molecule has 1 nitrogen and oxygen atoms in total. The minimum atomic E-state index is 0.285. The Balaban J connectivity index is 2.00. The van der Waals surface area contributed by atoms with E-state index in [4.69, 9.17) is 11.6 Å². The zero-order valence-corrected chi connectivity index (χ0v) is 14.4. The first-order valence-corrected chi connectivity index (χ1v) is 7.95. The highest BCUT2D eigenvalue weighted by molar-refractivity contribution is 9.10. The van der Waals surface area contributed by atoms with E-state index in [0.717, 1.165) is 26.1 Å². The van der Waals surface area contributed by atoms with Gasteiger partial charge in [0.2, 0.25) is 0 Å². The average Bonchev–Trinajstić information content (AvgIpc) is 2.38. The Morgan fingerprint density at radius 2 is 1.68 bits per heavy atom. The summed E-state index contributed by atoms with van der Waals surface area (Å²) in [4.78, 5) is 0. The van der Waals surface area contributed by atoms with E-state index < -0.39 is 0 Å². The third kappa shape index (κ3) is 4.32. The van der Waals surface area contributed by atoms with Gasteiger partial charge in [-0.25, -0.2) is 0 Å². The fraction of sp³-hybridized carbons (Fsp3) is 0.200. The van der Waals surface area contributed by atoms with Crippen molar-refractivity contribution in [1.82, 2.24) is 5.32 Å². The predicted octanol–water partition coefficient (Wildman–Crippen LogP) is 5.72. The maximum Gasteiger partial charge on any atom is 0.0462 e. The van der Waals surface area contributed by atoms with Gasteiger partial charge >= 0.3 is 0 Å². The monoisotopic (exact) mass is 401 g/mol. The van der Waals surface area contributed by atoms with Crippen molar-refractivity contribution >= 4 is 43.5 Å². The molecule has 0 aliphatic carbocycles. The standard InChI is InChI=1S/C15H14Br2ClN/c1-10(11-2-5-13(16)6-3-11)19-9-12-4-7-14(17)8-15(12)18/h2-8,10,19H,9H2,1H3/t10-/m1/s1. The van der Waals surface area contributed by atoms with E-state index >= 15 is 0 Å². The molecule has 0 fully saturated rings. The van der Waals surface area contributed by atoms with Crippen molar-refractivity contribution in [2.45, 2.75) is 19.5 Å². The van der Waals surface area contributed by atoms with Gasteiger partial charge in [0.05, 0.1) is 0 Å². The highest BCUT2D eigenvalue weighted by Gasteiger charge is 2.06. The molecule has 0 radical (unpaired) electrons. The molecule has 0 saturated heterocycles. The maximum atomic E-state index is 6.20. The van der Waals surface area contributed by atoms with E-state index in [1.54, 1.807) is 0 Å². The van der Waals surface area contributed by atoms with Crippen LogP contribution in [0, 0.1) is 0 Å². The number of halogens is 3. The predicted molar refractivity (Wildman–Crippen MR) is 88.5 cm³/mol. The van der Waals surface area contributed by atoms with Crippen molar-refractivity contribution < 1.29 is 0 Å². The van der Waals surface area contributed by atoms with Gasteiger partial charge in [0.25, 0.3) is 0 Å². The van der Waals surface area contributed by atoms with Gasteiger partial charge in [-0.1, -0.05) is 61.7 Å². The van der Waals surface area contributed by atoms with E-state index in [1.165, 1.54) is 5.56 Å². The van der Waals surface area contributed by atoms with Crippen LogP contribution < -0.4 is 5.32 Å². The lowest BCUT2D eigenvalue weighted by Gasteiger charge is -2.15. The molecule has 0 spiro atoms. The molecule has 2 aromatic carbocycles. The van der Waals surface area contributed by atoms with Crippen LogP contribution in [0.15, 0.2) is 51.4 Å². The summed E-state index contributed by atoms with van der Waals surface area (Å²) in [6.45, 7) is 2.90. The Bertz CT molecular complexity index is 555. The molecular weight excluding hydrogens is 389 g/mol. The first-order chi connectivity index (χ1) is 9.06. The molecule has 0 saturated carbocycles. The van der Waals surface area contributed by atoms with Gasteiger partial charge in [-0.05, 0) is 42.3 Å². The van der Waals surface area contributed by atoms with Crippen molar-refractivity contribution in [2.24, 2.45) is 0 Å². The molecule has 0 aliphatic rings. The van der Waals surface area contributed by atoms with Gasteiger partial charge < -0.3 is 5.32 Å².